The Labute approximate surface area is 183 Å². The van der Waals surface area contributed by atoms with Gasteiger partial charge in [-0.3, -0.25) is 4.99 Å². The smallest absolute Gasteiger partial charge is 0.191 e. The zero-order chi connectivity index (χ0) is 22.0. The number of aliphatic imine (C=N–C) groups is 1. The molecule has 0 aromatic heterocycles. The number of nitrogens with one attached hydrogen (secondary N) is 3. The summed E-state index contributed by atoms with van der Waals surface area (Å²) in [5.74, 6) is 0.837. The molecule has 1 fully saturated rings. The third kappa shape index (κ3) is 7.56. The largest absolute Gasteiger partial charge is 0.381 e. The van der Waals surface area contributed by atoms with Gasteiger partial charge in [-0.1, -0.05) is 51.1 Å². The molecule has 170 valence electrons. The number of guanidine groups is 1. The number of hydrogen-bond acceptors (Lipinski definition) is 4. The molecule has 1 heterocycles. The van der Waals surface area contributed by atoms with Gasteiger partial charge in [-0.25, -0.2) is 0 Å². The zero-order valence-corrected chi connectivity index (χ0v) is 19.8. The molecule has 0 bridgehead atoms. The van der Waals surface area contributed by atoms with E-state index < -0.39 is 0 Å². The summed E-state index contributed by atoms with van der Waals surface area (Å²) >= 11 is 0. The maximum absolute atomic E-state index is 5.69. The molecule has 6 heteroatoms. The van der Waals surface area contributed by atoms with Crippen molar-refractivity contribution in [1.29, 1.82) is 0 Å². The van der Waals surface area contributed by atoms with Gasteiger partial charge in [-0.05, 0) is 37.7 Å². The molecule has 1 aromatic carbocycles. The molecule has 0 spiro atoms. The van der Waals surface area contributed by atoms with Gasteiger partial charge in [0.1, 0.15) is 0 Å². The summed E-state index contributed by atoms with van der Waals surface area (Å²) in [6.45, 7) is 14.7. The van der Waals surface area contributed by atoms with E-state index in [2.05, 4.69) is 80.9 Å². The van der Waals surface area contributed by atoms with Crippen LogP contribution >= 0.6 is 0 Å². The van der Waals surface area contributed by atoms with Crippen molar-refractivity contribution >= 4 is 5.96 Å². The van der Waals surface area contributed by atoms with Crippen LogP contribution < -0.4 is 16.0 Å². The Kier molecular flexibility index (Phi) is 9.59. The highest BCUT2D eigenvalue weighted by molar-refractivity contribution is 5.79. The molecule has 30 heavy (non-hydrogen) atoms. The second-order valence-electron chi connectivity index (χ2n) is 9.34. The molecule has 2 atom stereocenters. The molecule has 6 nitrogen and oxygen atoms in total. The van der Waals surface area contributed by atoms with Crippen molar-refractivity contribution in [2.75, 3.05) is 40.0 Å². The first-order valence-electron chi connectivity index (χ1n) is 11.2. The summed E-state index contributed by atoms with van der Waals surface area (Å²) < 4.78 is 11.3. The summed E-state index contributed by atoms with van der Waals surface area (Å²) in [5, 5.41) is 10.7. The number of nitrogens with zero attached hydrogens (tertiary/aromatic N) is 1. The van der Waals surface area contributed by atoms with Gasteiger partial charge in [0.05, 0.1) is 12.6 Å². The summed E-state index contributed by atoms with van der Waals surface area (Å²) in [7, 11) is 1.77. The number of benzene rings is 1. The highest BCUT2D eigenvalue weighted by Crippen LogP contribution is 2.26. The maximum Gasteiger partial charge on any atom is 0.191 e. The highest BCUT2D eigenvalue weighted by atomic mass is 16.5. The van der Waals surface area contributed by atoms with Gasteiger partial charge in [0, 0.05) is 45.0 Å². The Morgan fingerprint density at radius 3 is 2.40 bits per heavy atom. The third-order valence-electron chi connectivity index (χ3n) is 5.86. The fourth-order valence-electron chi connectivity index (χ4n) is 3.90. The van der Waals surface area contributed by atoms with Gasteiger partial charge in [-0.2, -0.15) is 0 Å². The number of ether oxygens (including phenoxy) is 2. The van der Waals surface area contributed by atoms with E-state index in [4.69, 9.17) is 14.5 Å². The van der Waals surface area contributed by atoms with E-state index >= 15 is 0 Å². The minimum atomic E-state index is -0.0689. The first kappa shape index (κ1) is 24.6. The third-order valence-corrected chi connectivity index (χ3v) is 5.86. The van der Waals surface area contributed by atoms with Crippen molar-refractivity contribution in [2.45, 2.75) is 65.1 Å². The first-order chi connectivity index (χ1) is 14.3. The van der Waals surface area contributed by atoms with Crippen molar-refractivity contribution in [3.63, 3.8) is 0 Å². The van der Waals surface area contributed by atoms with Crippen molar-refractivity contribution in [1.82, 2.24) is 16.0 Å². The predicted molar refractivity (Wildman–Crippen MR) is 125 cm³/mol. The summed E-state index contributed by atoms with van der Waals surface area (Å²) in [6.07, 6.45) is 2.01. The summed E-state index contributed by atoms with van der Waals surface area (Å²) in [5.41, 5.74) is 1.29. The summed E-state index contributed by atoms with van der Waals surface area (Å²) in [4.78, 5) is 4.97. The first-order valence-corrected chi connectivity index (χ1v) is 11.2. The molecule has 3 N–H and O–H groups in total. The van der Waals surface area contributed by atoms with E-state index in [1.165, 1.54) is 5.56 Å². The van der Waals surface area contributed by atoms with Crippen LogP contribution in [0.1, 0.15) is 59.1 Å². The molecular formula is C24H42N4O2. The average Bonchev–Trinajstić information content (AvgIpc) is 2.72. The molecular weight excluding hydrogens is 376 g/mol. The fraction of sp³-hybridized carbons (Fsp3) is 0.708. The topological polar surface area (TPSA) is 66.9 Å². The van der Waals surface area contributed by atoms with E-state index in [0.717, 1.165) is 45.1 Å². The van der Waals surface area contributed by atoms with E-state index in [9.17, 15) is 0 Å². The molecule has 0 saturated carbocycles. The highest BCUT2D eigenvalue weighted by Gasteiger charge is 2.34. The fourth-order valence-corrected chi connectivity index (χ4v) is 3.90. The minimum absolute atomic E-state index is 0.0632. The van der Waals surface area contributed by atoms with Gasteiger partial charge in [0.2, 0.25) is 0 Å². The molecule has 0 aliphatic carbocycles. The Bertz CT molecular complexity index is 636. The average molecular weight is 419 g/mol. The van der Waals surface area contributed by atoms with Crippen molar-refractivity contribution < 1.29 is 9.47 Å². The standard InChI is InChI=1S/C24H42N4O2/c1-7-25-22(26-17-21(29-6)23(3,4)5)27-18-24(13-15-30-16-14-24)28-19(2)20-11-9-8-10-12-20/h8-12,19,21,28H,7,13-18H2,1-6H3,(H2,25,26,27). The number of rotatable bonds is 9. The molecule has 2 rings (SSSR count). The van der Waals surface area contributed by atoms with Crippen molar-refractivity contribution in [2.24, 2.45) is 10.4 Å². The van der Waals surface area contributed by atoms with Gasteiger partial charge in [0.15, 0.2) is 5.96 Å². The van der Waals surface area contributed by atoms with Crippen LogP contribution in [0.2, 0.25) is 0 Å². The lowest BCUT2D eigenvalue weighted by Gasteiger charge is -2.39. The predicted octanol–water partition coefficient (Wildman–Crippen LogP) is 3.50. The van der Waals surface area contributed by atoms with Gasteiger partial charge in [-0.15, -0.1) is 0 Å². The lowest BCUT2D eigenvalue weighted by Crippen LogP contribution is -2.53. The Morgan fingerprint density at radius 1 is 1.17 bits per heavy atom. The second kappa shape index (κ2) is 11.7. The molecule has 1 saturated heterocycles. The van der Waals surface area contributed by atoms with E-state index in [0.29, 0.717) is 6.54 Å². The molecule has 2 unspecified atom stereocenters. The molecule has 1 aromatic rings. The van der Waals surface area contributed by atoms with Crippen LogP contribution in [-0.4, -0.2) is 57.6 Å². The molecule has 0 amide bonds. The van der Waals surface area contributed by atoms with Crippen LogP contribution in [0.15, 0.2) is 35.3 Å². The maximum atomic E-state index is 5.69. The number of hydrogen-bond donors (Lipinski definition) is 3. The molecule has 0 radical (unpaired) electrons. The molecule has 1 aliphatic rings. The van der Waals surface area contributed by atoms with Crippen LogP contribution in [-0.2, 0) is 9.47 Å². The molecule has 1 aliphatic heterocycles. The quantitative estimate of drug-likeness (QED) is 0.423. The lowest BCUT2D eigenvalue weighted by atomic mass is 9.88. The zero-order valence-electron chi connectivity index (χ0n) is 19.8. The van der Waals surface area contributed by atoms with Crippen LogP contribution in [0.25, 0.3) is 0 Å². The van der Waals surface area contributed by atoms with Crippen LogP contribution in [0, 0.1) is 5.41 Å². The normalized spacial score (nSPS) is 19.2. The van der Waals surface area contributed by atoms with Crippen molar-refractivity contribution in [3.05, 3.63) is 35.9 Å². The monoisotopic (exact) mass is 418 g/mol. The van der Waals surface area contributed by atoms with E-state index in [-0.39, 0.29) is 23.1 Å². The van der Waals surface area contributed by atoms with Crippen LogP contribution in [0.3, 0.4) is 0 Å². The van der Waals surface area contributed by atoms with Crippen LogP contribution in [0.4, 0.5) is 0 Å². The van der Waals surface area contributed by atoms with Crippen LogP contribution in [0.5, 0.6) is 0 Å². The Balaban J connectivity index is 2.09. The minimum Gasteiger partial charge on any atom is -0.381 e. The summed E-state index contributed by atoms with van der Waals surface area (Å²) in [6, 6.07) is 10.9. The van der Waals surface area contributed by atoms with Gasteiger partial charge >= 0.3 is 0 Å². The van der Waals surface area contributed by atoms with Gasteiger partial charge < -0.3 is 25.4 Å². The SMILES string of the molecule is CCNC(=NCC1(NC(C)c2ccccc2)CCOCC1)NCC(OC)C(C)(C)C. The van der Waals surface area contributed by atoms with Gasteiger partial charge in [0.25, 0.3) is 0 Å². The van der Waals surface area contributed by atoms with E-state index in [1.807, 2.05) is 0 Å². The number of methoxy groups -OCH3 is 1. The Morgan fingerprint density at radius 2 is 1.83 bits per heavy atom. The second-order valence-corrected chi connectivity index (χ2v) is 9.34. The Hall–Kier alpha value is -1.63. The lowest BCUT2D eigenvalue weighted by molar-refractivity contribution is 0.0204. The van der Waals surface area contributed by atoms with E-state index in [1.54, 1.807) is 7.11 Å². The van der Waals surface area contributed by atoms with Crippen molar-refractivity contribution in [3.8, 4) is 0 Å².